The molecule has 0 aromatic carbocycles. The van der Waals surface area contributed by atoms with Crippen LogP contribution in [0.5, 0.6) is 0 Å². The van der Waals surface area contributed by atoms with E-state index in [4.69, 9.17) is 5.73 Å². The Bertz CT molecular complexity index is 516. The molecule has 3 nitrogen and oxygen atoms in total. The van der Waals surface area contributed by atoms with E-state index in [1.54, 1.807) is 12.4 Å². The SMILES string of the molecule is Cc1cc(Br)cnc1Sc1ncccc1N. The minimum atomic E-state index is 0.677. The zero-order chi connectivity index (χ0) is 11.5. The summed E-state index contributed by atoms with van der Waals surface area (Å²) in [6, 6.07) is 5.68. The van der Waals surface area contributed by atoms with Gasteiger partial charge in [0.1, 0.15) is 10.1 Å². The van der Waals surface area contributed by atoms with Crippen LogP contribution in [0.3, 0.4) is 0 Å². The van der Waals surface area contributed by atoms with E-state index in [1.807, 2.05) is 25.1 Å². The molecule has 2 N–H and O–H groups in total. The number of nitrogens with zero attached hydrogens (tertiary/aromatic N) is 2. The number of hydrogen-bond donors (Lipinski definition) is 1. The maximum Gasteiger partial charge on any atom is 0.125 e. The van der Waals surface area contributed by atoms with E-state index >= 15 is 0 Å². The van der Waals surface area contributed by atoms with Gasteiger partial charge in [0, 0.05) is 16.9 Å². The molecule has 0 radical (unpaired) electrons. The van der Waals surface area contributed by atoms with E-state index < -0.39 is 0 Å². The van der Waals surface area contributed by atoms with Crippen LogP contribution in [0.15, 0.2) is 45.1 Å². The maximum atomic E-state index is 5.83. The summed E-state index contributed by atoms with van der Waals surface area (Å²) in [7, 11) is 0. The first kappa shape index (κ1) is 11.4. The zero-order valence-corrected chi connectivity index (χ0v) is 11.0. The maximum absolute atomic E-state index is 5.83. The topological polar surface area (TPSA) is 51.8 Å². The van der Waals surface area contributed by atoms with Gasteiger partial charge in [0.05, 0.1) is 5.69 Å². The van der Waals surface area contributed by atoms with Crippen molar-refractivity contribution in [3.8, 4) is 0 Å². The van der Waals surface area contributed by atoms with Crippen molar-refractivity contribution in [3.05, 3.63) is 40.6 Å². The minimum Gasteiger partial charge on any atom is -0.397 e. The molecule has 0 atom stereocenters. The van der Waals surface area contributed by atoms with Crippen molar-refractivity contribution in [1.29, 1.82) is 0 Å². The molecule has 2 rings (SSSR count). The van der Waals surface area contributed by atoms with Crippen LogP contribution >= 0.6 is 27.7 Å². The molecule has 16 heavy (non-hydrogen) atoms. The highest BCUT2D eigenvalue weighted by Gasteiger charge is 2.06. The molecule has 0 amide bonds. The monoisotopic (exact) mass is 295 g/mol. The molecule has 2 heterocycles. The average Bonchev–Trinajstić information content (AvgIpc) is 2.25. The Morgan fingerprint density at radius 2 is 2.12 bits per heavy atom. The highest BCUT2D eigenvalue weighted by Crippen LogP contribution is 2.31. The first-order chi connectivity index (χ1) is 7.66. The predicted molar refractivity (Wildman–Crippen MR) is 69.4 cm³/mol. The third-order valence-corrected chi connectivity index (χ3v) is 3.58. The predicted octanol–water partition coefficient (Wildman–Crippen LogP) is 3.28. The Morgan fingerprint density at radius 1 is 1.31 bits per heavy atom. The van der Waals surface area contributed by atoms with Gasteiger partial charge in [0.2, 0.25) is 0 Å². The van der Waals surface area contributed by atoms with Gasteiger partial charge in [-0.2, -0.15) is 0 Å². The molecule has 82 valence electrons. The largest absolute Gasteiger partial charge is 0.397 e. The molecular formula is C11H10BrN3S. The standard InChI is InChI=1S/C11H10BrN3S/c1-7-5-8(12)6-15-10(7)16-11-9(13)3-2-4-14-11/h2-6H,13H2,1H3. The average molecular weight is 296 g/mol. The van der Waals surface area contributed by atoms with Crippen molar-refractivity contribution >= 4 is 33.4 Å². The molecule has 0 spiro atoms. The van der Waals surface area contributed by atoms with E-state index in [0.717, 1.165) is 20.1 Å². The molecule has 0 aliphatic heterocycles. The van der Waals surface area contributed by atoms with Gasteiger partial charge in [-0.1, -0.05) is 0 Å². The lowest BCUT2D eigenvalue weighted by molar-refractivity contribution is 1.05. The third-order valence-electron chi connectivity index (χ3n) is 1.99. The van der Waals surface area contributed by atoms with Crippen molar-refractivity contribution < 1.29 is 0 Å². The first-order valence-electron chi connectivity index (χ1n) is 4.67. The molecule has 0 aliphatic rings. The smallest absolute Gasteiger partial charge is 0.125 e. The van der Waals surface area contributed by atoms with Gasteiger partial charge < -0.3 is 5.73 Å². The third kappa shape index (κ3) is 2.54. The quantitative estimate of drug-likeness (QED) is 0.924. The second kappa shape index (κ2) is 4.84. The number of aromatic nitrogens is 2. The van der Waals surface area contributed by atoms with E-state index in [2.05, 4.69) is 25.9 Å². The molecule has 0 fully saturated rings. The van der Waals surface area contributed by atoms with Crippen LogP contribution in [0, 0.1) is 6.92 Å². The van der Waals surface area contributed by atoms with Gasteiger partial charge in [0.25, 0.3) is 0 Å². The lowest BCUT2D eigenvalue weighted by Gasteiger charge is -2.05. The summed E-state index contributed by atoms with van der Waals surface area (Å²) in [6.45, 7) is 2.01. The molecule has 5 heteroatoms. The number of pyridine rings is 2. The van der Waals surface area contributed by atoms with Crippen molar-refractivity contribution in [3.63, 3.8) is 0 Å². The van der Waals surface area contributed by atoms with E-state index in [-0.39, 0.29) is 0 Å². The van der Waals surface area contributed by atoms with Gasteiger partial charge in [-0.05, 0) is 58.4 Å². The number of anilines is 1. The van der Waals surface area contributed by atoms with Crippen LogP contribution in [0.2, 0.25) is 0 Å². The van der Waals surface area contributed by atoms with Gasteiger partial charge in [0.15, 0.2) is 0 Å². The lowest BCUT2D eigenvalue weighted by atomic mass is 10.3. The highest BCUT2D eigenvalue weighted by atomic mass is 79.9. The summed E-state index contributed by atoms with van der Waals surface area (Å²) in [4.78, 5) is 8.56. The fourth-order valence-electron chi connectivity index (χ4n) is 1.21. The van der Waals surface area contributed by atoms with Crippen molar-refractivity contribution in [2.45, 2.75) is 17.0 Å². The zero-order valence-electron chi connectivity index (χ0n) is 8.64. The molecule has 0 saturated carbocycles. The number of halogens is 1. The molecule has 2 aromatic rings. The number of rotatable bonds is 2. The first-order valence-corrected chi connectivity index (χ1v) is 6.28. The number of aryl methyl sites for hydroxylation is 1. The van der Waals surface area contributed by atoms with Crippen molar-refractivity contribution in [2.75, 3.05) is 5.73 Å². The van der Waals surface area contributed by atoms with Gasteiger partial charge in [-0.15, -0.1) is 0 Å². The molecule has 0 aliphatic carbocycles. The van der Waals surface area contributed by atoms with E-state index in [0.29, 0.717) is 5.69 Å². The number of hydrogen-bond acceptors (Lipinski definition) is 4. The summed E-state index contributed by atoms with van der Waals surface area (Å²) >= 11 is 4.87. The molecular weight excluding hydrogens is 286 g/mol. The lowest BCUT2D eigenvalue weighted by Crippen LogP contribution is -1.92. The Hall–Kier alpha value is -1.07. The summed E-state index contributed by atoms with van der Waals surface area (Å²) in [5.41, 5.74) is 7.61. The van der Waals surface area contributed by atoms with Gasteiger partial charge >= 0.3 is 0 Å². The van der Waals surface area contributed by atoms with Gasteiger partial charge in [-0.25, -0.2) is 9.97 Å². The van der Waals surface area contributed by atoms with Crippen LogP contribution in [0.1, 0.15) is 5.56 Å². The van der Waals surface area contributed by atoms with Crippen molar-refractivity contribution in [2.24, 2.45) is 0 Å². The van der Waals surface area contributed by atoms with Gasteiger partial charge in [-0.3, -0.25) is 0 Å². The van der Waals surface area contributed by atoms with Crippen LogP contribution in [0.25, 0.3) is 0 Å². The molecule has 0 saturated heterocycles. The summed E-state index contributed by atoms with van der Waals surface area (Å²) < 4.78 is 0.975. The summed E-state index contributed by atoms with van der Waals surface area (Å²) in [5, 5.41) is 1.72. The van der Waals surface area contributed by atoms with E-state index in [9.17, 15) is 0 Å². The second-order valence-electron chi connectivity index (χ2n) is 3.28. The van der Waals surface area contributed by atoms with E-state index in [1.165, 1.54) is 11.8 Å². The van der Waals surface area contributed by atoms with Crippen LogP contribution in [-0.4, -0.2) is 9.97 Å². The Morgan fingerprint density at radius 3 is 2.81 bits per heavy atom. The number of nitrogens with two attached hydrogens (primary N) is 1. The molecule has 0 unspecified atom stereocenters. The van der Waals surface area contributed by atoms with Crippen LogP contribution in [-0.2, 0) is 0 Å². The fraction of sp³-hybridized carbons (Fsp3) is 0.0909. The highest BCUT2D eigenvalue weighted by molar-refractivity contribution is 9.10. The minimum absolute atomic E-state index is 0.677. The molecule has 0 bridgehead atoms. The summed E-state index contributed by atoms with van der Waals surface area (Å²) in [5.74, 6) is 0. The normalized spacial score (nSPS) is 10.4. The Labute approximate surface area is 107 Å². The Balaban J connectivity index is 2.31. The fourth-order valence-corrected chi connectivity index (χ4v) is 2.47. The summed E-state index contributed by atoms with van der Waals surface area (Å²) in [6.07, 6.45) is 3.50. The number of nitrogen functional groups attached to an aromatic ring is 1. The Kier molecular flexibility index (Phi) is 3.46. The van der Waals surface area contributed by atoms with Crippen LogP contribution < -0.4 is 5.73 Å². The second-order valence-corrected chi connectivity index (χ2v) is 5.17. The van der Waals surface area contributed by atoms with Crippen molar-refractivity contribution in [1.82, 2.24) is 9.97 Å². The van der Waals surface area contributed by atoms with Crippen LogP contribution in [0.4, 0.5) is 5.69 Å². The molecule has 2 aromatic heterocycles.